The normalized spacial score (nSPS) is 12.8. The summed E-state index contributed by atoms with van der Waals surface area (Å²) in [6.45, 7) is 1.47. The van der Waals surface area contributed by atoms with Crippen LogP contribution in [0.15, 0.2) is 47.1 Å². The van der Waals surface area contributed by atoms with E-state index in [1.165, 1.54) is 25.3 Å². The molecule has 1 atom stereocenters. The van der Waals surface area contributed by atoms with Gasteiger partial charge in [0.2, 0.25) is 0 Å². The van der Waals surface area contributed by atoms with Gasteiger partial charge in [-0.15, -0.1) is 0 Å². The largest absolute Gasteiger partial charge is 0.464 e. The Morgan fingerprint density at radius 3 is 2.55 bits per heavy atom. The van der Waals surface area contributed by atoms with Crippen LogP contribution < -0.4 is 0 Å². The Kier molecular flexibility index (Phi) is 3.03. The van der Waals surface area contributed by atoms with Gasteiger partial charge in [0.05, 0.1) is 6.26 Å². The van der Waals surface area contributed by atoms with Gasteiger partial charge in [0.25, 0.3) is 0 Å². The van der Waals surface area contributed by atoms with Gasteiger partial charge < -0.3 is 9.52 Å². The van der Waals surface area contributed by atoms with Gasteiger partial charge in [-0.2, -0.15) is 0 Å². The van der Waals surface area contributed by atoms with Gasteiger partial charge in [0.15, 0.2) is 11.6 Å². The van der Waals surface area contributed by atoms with Crippen molar-refractivity contribution in [3.63, 3.8) is 0 Å². The summed E-state index contributed by atoms with van der Waals surface area (Å²) < 4.78 is 32.8. The van der Waals surface area contributed by atoms with E-state index >= 15 is 0 Å². The smallest absolute Gasteiger partial charge is 0.165 e. The number of fused-ring (bicyclic) bond motifs is 1. The van der Waals surface area contributed by atoms with Crippen molar-refractivity contribution in [2.45, 2.75) is 13.0 Å². The number of aliphatic hydroxyl groups is 1. The van der Waals surface area contributed by atoms with E-state index in [2.05, 4.69) is 0 Å². The average Bonchev–Trinajstić information content (AvgIpc) is 2.88. The summed E-state index contributed by atoms with van der Waals surface area (Å²) in [4.78, 5) is 0. The SMILES string of the molecule is Cc1ccc(C(O)c2coc3ccccc23)c(F)c1F. The molecule has 1 aromatic heterocycles. The number of hydrogen-bond acceptors (Lipinski definition) is 2. The van der Waals surface area contributed by atoms with E-state index in [9.17, 15) is 13.9 Å². The number of hydrogen-bond donors (Lipinski definition) is 1. The van der Waals surface area contributed by atoms with Crippen LogP contribution in [0.4, 0.5) is 8.78 Å². The Hall–Kier alpha value is -2.20. The van der Waals surface area contributed by atoms with Crippen molar-refractivity contribution in [2.75, 3.05) is 0 Å². The predicted molar refractivity (Wildman–Crippen MR) is 71.4 cm³/mol. The lowest BCUT2D eigenvalue weighted by Gasteiger charge is -2.12. The van der Waals surface area contributed by atoms with Crippen molar-refractivity contribution < 1.29 is 18.3 Å². The van der Waals surface area contributed by atoms with Gasteiger partial charge in [0, 0.05) is 16.5 Å². The summed E-state index contributed by atoms with van der Waals surface area (Å²) in [5.41, 5.74) is 1.12. The maximum absolute atomic E-state index is 13.9. The van der Waals surface area contributed by atoms with E-state index in [1.807, 2.05) is 0 Å². The Balaban J connectivity index is 2.13. The van der Waals surface area contributed by atoms with Gasteiger partial charge in [-0.25, -0.2) is 8.78 Å². The zero-order valence-electron chi connectivity index (χ0n) is 10.7. The molecule has 0 saturated heterocycles. The molecule has 1 unspecified atom stereocenters. The van der Waals surface area contributed by atoms with E-state index in [0.29, 0.717) is 16.5 Å². The minimum Gasteiger partial charge on any atom is -0.464 e. The number of rotatable bonds is 2. The van der Waals surface area contributed by atoms with Crippen LogP contribution in [0.3, 0.4) is 0 Å². The molecule has 0 aliphatic carbocycles. The molecule has 0 saturated carbocycles. The van der Waals surface area contributed by atoms with Crippen molar-refractivity contribution in [1.82, 2.24) is 0 Å². The van der Waals surface area contributed by atoms with Crippen molar-refractivity contribution in [3.05, 3.63) is 71.0 Å². The Morgan fingerprint density at radius 1 is 1.00 bits per heavy atom. The second-order valence-corrected chi connectivity index (χ2v) is 4.69. The van der Waals surface area contributed by atoms with Crippen LogP contribution in [0, 0.1) is 18.6 Å². The topological polar surface area (TPSA) is 33.4 Å². The summed E-state index contributed by atoms with van der Waals surface area (Å²) in [5, 5.41) is 11.0. The average molecular weight is 274 g/mol. The number of para-hydroxylation sites is 1. The van der Waals surface area contributed by atoms with Crippen LogP contribution in [0.5, 0.6) is 0 Å². The van der Waals surface area contributed by atoms with E-state index in [0.717, 1.165) is 0 Å². The number of aliphatic hydroxyl groups excluding tert-OH is 1. The zero-order chi connectivity index (χ0) is 14.3. The summed E-state index contributed by atoms with van der Waals surface area (Å²) in [5.74, 6) is -1.96. The molecule has 1 heterocycles. The van der Waals surface area contributed by atoms with Gasteiger partial charge in [-0.05, 0) is 18.6 Å². The molecule has 0 aliphatic heterocycles. The maximum atomic E-state index is 13.9. The van der Waals surface area contributed by atoms with E-state index in [-0.39, 0.29) is 11.1 Å². The first-order chi connectivity index (χ1) is 9.59. The fourth-order valence-electron chi connectivity index (χ4n) is 2.25. The summed E-state index contributed by atoms with van der Waals surface area (Å²) in [6, 6.07) is 9.94. The molecule has 0 aliphatic rings. The highest BCUT2D eigenvalue weighted by atomic mass is 19.2. The number of benzene rings is 2. The van der Waals surface area contributed by atoms with Crippen LogP contribution in [0.2, 0.25) is 0 Å². The Labute approximate surface area is 114 Å². The summed E-state index contributed by atoms with van der Waals surface area (Å²) in [7, 11) is 0. The molecule has 0 bridgehead atoms. The lowest BCUT2D eigenvalue weighted by atomic mass is 9.99. The number of furan rings is 1. The molecule has 0 fully saturated rings. The third kappa shape index (κ3) is 1.89. The lowest BCUT2D eigenvalue weighted by Crippen LogP contribution is -2.04. The third-order valence-corrected chi connectivity index (χ3v) is 3.41. The highest BCUT2D eigenvalue weighted by Gasteiger charge is 2.22. The molecule has 4 heteroatoms. The zero-order valence-corrected chi connectivity index (χ0v) is 10.7. The van der Waals surface area contributed by atoms with Gasteiger partial charge in [-0.1, -0.05) is 30.3 Å². The minimum atomic E-state index is -1.27. The molecule has 3 rings (SSSR count). The molecule has 0 radical (unpaired) electrons. The quantitative estimate of drug-likeness (QED) is 0.763. The molecular weight excluding hydrogens is 262 g/mol. The Morgan fingerprint density at radius 2 is 1.75 bits per heavy atom. The van der Waals surface area contributed by atoms with Crippen LogP contribution in [0.1, 0.15) is 22.8 Å². The van der Waals surface area contributed by atoms with Crippen LogP contribution in [-0.2, 0) is 0 Å². The first-order valence-corrected chi connectivity index (χ1v) is 6.18. The molecular formula is C16H12F2O2. The first kappa shape index (κ1) is 12.8. The molecule has 2 aromatic carbocycles. The van der Waals surface area contributed by atoms with E-state index < -0.39 is 17.7 Å². The van der Waals surface area contributed by atoms with Gasteiger partial charge in [0.1, 0.15) is 11.7 Å². The predicted octanol–water partition coefficient (Wildman–Crippen LogP) is 4.10. The van der Waals surface area contributed by atoms with Gasteiger partial charge >= 0.3 is 0 Å². The standard InChI is InChI=1S/C16H12F2O2/c1-9-6-7-11(15(18)14(9)17)16(19)12-8-20-13-5-3-2-4-10(12)13/h2-8,16,19H,1H3. The second-order valence-electron chi connectivity index (χ2n) is 4.69. The monoisotopic (exact) mass is 274 g/mol. The molecule has 3 aromatic rings. The number of aryl methyl sites for hydroxylation is 1. The fourth-order valence-corrected chi connectivity index (χ4v) is 2.25. The van der Waals surface area contributed by atoms with E-state index in [4.69, 9.17) is 4.42 Å². The summed E-state index contributed by atoms with van der Waals surface area (Å²) in [6.07, 6.45) is 0.0979. The first-order valence-electron chi connectivity index (χ1n) is 6.18. The lowest BCUT2D eigenvalue weighted by molar-refractivity contribution is 0.213. The highest BCUT2D eigenvalue weighted by molar-refractivity contribution is 5.81. The van der Waals surface area contributed by atoms with Crippen LogP contribution >= 0.6 is 0 Å². The molecule has 20 heavy (non-hydrogen) atoms. The van der Waals surface area contributed by atoms with Gasteiger partial charge in [-0.3, -0.25) is 0 Å². The summed E-state index contributed by atoms with van der Waals surface area (Å²) >= 11 is 0. The maximum Gasteiger partial charge on any atom is 0.165 e. The molecule has 2 nitrogen and oxygen atoms in total. The van der Waals surface area contributed by atoms with Crippen molar-refractivity contribution >= 4 is 11.0 Å². The number of halogens is 2. The molecule has 0 spiro atoms. The van der Waals surface area contributed by atoms with Crippen molar-refractivity contribution in [2.24, 2.45) is 0 Å². The van der Waals surface area contributed by atoms with Crippen molar-refractivity contribution in [1.29, 1.82) is 0 Å². The van der Waals surface area contributed by atoms with Crippen LogP contribution in [0.25, 0.3) is 11.0 Å². The van der Waals surface area contributed by atoms with Crippen molar-refractivity contribution in [3.8, 4) is 0 Å². The minimum absolute atomic E-state index is 0.0975. The molecule has 1 N–H and O–H groups in total. The molecule has 102 valence electrons. The fraction of sp³-hybridized carbons (Fsp3) is 0.125. The van der Waals surface area contributed by atoms with Crippen LogP contribution in [-0.4, -0.2) is 5.11 Å². The van der Waals surface area contributed by atoms with E-state index in [1.54, 1.807) is 24.3 Å². The Bertz CT molecular complexity index is 777. The second kappa shape index (κ2) is 4.72. The highest BCUT2D eigenvalue weighted by Crippen LogP contribution is 2.32. The third-order valence-electron chi connectivity index (χ3n) is 3.41. The molecule has 0 amide bonds.